The van der Waals surface area contributed by atoms with Crippen LogP contribution in [-0.2, 0) is 6.54 Å². The van der Waals surface area contributed by atoms with Crippen LogP contribution in [0.5, 0.6) is 11.5 Å². The molecule has 2 aromatic carbocycles. The number of primary amides is 1. The molecular weight excluding hydrogens is 302 g/mol. The van der Waals surface area contributed by atoms with Crippen molar-refractivity contribution in [3.05, 3.63) is 84.2 Å². The first-order chi connectivity index (χ1) is 11.7. The van der Waals surface area contributed by atoms with Gasteiger partial charge in [0.15, 0.2) is 0 Å². The van der Waals surface area contributed by atoms with Crippen LogP contribution in [0.3, 0.4) is 0 Å². The molecule has 0 bridgehead atoms. The van der Waals surface area contributed by atoms with E-state index in [-0.39, 0.29) is 0 Å². The van der Waals surface area contributed by atoms with Crippen molar-refractivity contribution >= 4 is 11.6 Å². The monoisotopic (exact) mass is 319 g/mol. The number of nitrogens with one attached hydrogen (secondary N) is 1. The number of benzene rings is 2. The molecule has 0 aliphatic rings. The fraction of sp³-hybridized carbons (Fsp3) is 0.0526. The van der Waals surface area contributed by atoms with Gasteiger partial charge in [0.2, 0.25) is 5.91 Å². The number of rotatable bonds is 6. The average molecular weight is 319 g/mol. The lowest BCUT2D eigenvalue weighted by molar-refractivity contribution is 0.1000. The van der Waals surface area contributed by atoms with Gasteiger partial charge in [-0.2, -0.15) is 0 Å². The molecule has 0 spiro atoms. The highest BCUT2D eigenvalue weighted by Gasteiger charge is 2.03. The van der Waals surface area contributed by atoms with Crippen molar-refractivity contribution in [2.24, 2.45) is 5.73 Å². The van der Waals surface area contributed by atoms with Gasteiger partial charge in [0.25, 0.3) is 0 Å². The van der Waals surface area contributed by atoms with E-state index in [1.807, 2.05) is 42.6 Å². The van der Waals surface area contributed by atoms with Crippen molar-refractivity contribution in [1.82, 2.24) is 4.98 Å². The predicted octanol–water partition coefficient (Wildman–Crippen LogP) is 3.58. The number of carbonyl (C=O) groups is 1. The van der Waals surface area contributed by atoms with Crippen molar-refractivity contribution in [2.45, 2.75) is 6.54 Å². The molecule has 1 heterocycles. The summed E-state index contributed by atoms with van der Waals surface area (Å²) in [5, 5.41) is 3.32. The fourth-order valence-corrected chi connectivity index (χ4v) is 2.20. The average Bonchev–Trinajstić information content (AvgIpc) is 2.62. The zero-order chi connectivity index (χ0) is 16.8. The van der Waals surface area contributed by atoms with E-state index in [1.54, 1.807) is 30.5 Å². The van der Waals surface area contributed by atoms with Crippen molar-refractivity contribution < 1.29 is 9.53 Å². The van der Waals surface area contributed by atoms with Crippen LogP contribution in [0.25, 0.3) is 0 Å². The number of carbonyl (C=O) groups excluding carboxylic acids is 1. The molecule has 1 amide bonds. The van der Waals surface area contributed by atoms with Gasteiger partial charge in [-0.15, -0.1) is 0 Å². The molecule has 0 saturated heterocycles. The molecule has 3 rings (SSSR count). The van der Waals surface area contributed by atoms with Crippen molar-refractivity contribution in [1.29, 1.82) is 0 Å². The van der Waals surface area contributed by atoms with E-state index in [0.29, 0.717) is 23.6 Å². The summed E-state index contributed by atoms with van der Waals surface area (Å²) in [5.74, 6) is 0.779. The Kier molecular flexibility index (Phi) is 4.72. The van der Waals surface area contributed by atoms with E-state index in [0.717, 1.165) is 11.3 Å². The molecule has 3 N–H and O–H groups in total. The number of ether oxygens (including phenoxy) is 1. The minimum Gasteiger partial charge on any atom is -0.457 e. The maximum Gasteiger partial charge on any atom is 0.248 e. The van der Waals surface area contributed by atoms with E-state index in [2.05, 4.69) is 10.3 Å². The smallest absolute Gasteiger partial charge is 0.248 e. The van der Waals surface area contributed by atoms with Crippen LogP contribution in [0, 0.1) is 0 Å². The topological polar surface area (TPSA) is 77.2 Å². The Balaban J connectivity index is 1.62. The maximum atomic E-state index is 11.2. The zero-order valence-corrected chi connectivity index (χ0v) is 13.0. The van der Waals surface area contributed by atoms with E-state index in [4.69, 9.17) is 10.5 Å². The Morgan fingerprint density at radius 1 is 1.04 bits per heavy atom. The van der Waals surface area contributed by atoms with Crippen LogP contribution >= 0.6 is 0 Å². The molecule has 0 saturated carbocycles. The predicted molar refractivity (Wildman–Crippen MR) is 93.0 cm³/mol. The summed E-state index contributed by atoms with van der Waals surface area (Å²) in [7, 11) is 0. The van der Waals surface area contributed by atoms with Gasteiger partial charge >= 0.3 is 0 Å². The number of hydrogen-bond donors (Lipinski definition) is 2. The standard InChI is InChI=1S/C19H17N3O2/c20-19(23)15-4-1-5-18(11-15)24-17-8-6-16(7-9-17)22-13-14-3-2-10-21-12-14/h1-12,22H,13H2,(H2,20,23). The van der Waals surface area contributed by atoms with Crippen LogP contribution in [0.4, 0.5) is 5.69 Å². The van der Waals surface area contributed by atoms with Crippen molar-refractivity contribution in [3.8, 4) is 11.5 Å². The highest BCUT2D eigenvalue weighted by Crippen LogP contribution is 2.24. The highest BCUT2D eigenvalue weighted by atomic mass is 16.5. The molecule has 0 fully saturated rings. The molecule has 0 unspecified atom stereocenters. The van der Waals surface area contributed by atoms with Gasteiger partial charge in [-0.05, 0) is 54.1 Å². The summed E-state index contributed by atoms with van der Waals surface area (Å²) >= 11 is 0. The van der Waals surface area contributed by atoms with Crippen molar-refractivity contribution in [2.75, 3.05) is 5.32 Å². The lowest BCUT2D eigenvalue weighted by Crippen LogP contribution is -2.10. The SMILES string of the molecule is NC(=O)c1cccc(Oc2ccc(NCc3cccnc3)cc2)c1. The second-order valence-electron chi connectivity index (χ2n) is 5.23. The highest BCUT2D eigenvalue weighted by molar-refractivity contribution is 5.93. The zero-order valence-electron chi connectivity index (χ0n) is 13.0. The minimum absolute atomic E-state index is 0.419. The summed E-state index contributed by atoms with van der Waals surface area (Å²) in [5.41, 5.74) is 7.78. The molecule has 1 aromatic heterocycles. The summed E-state index contributed by atoms with van der Waals surface area (Å²) in [4.78, 5) is 15.3. The first-order valence-corrected chi connectivity index (χ1v) is 7.51. The molecular formula is C19H17N3O2. The molecule has 120 valence electrons. The van der Waals surface area contributed by atoms with Gasteiger partial charge in [0, 0.05) is 30.2 Å². The lowest BCUT2D eigenvalue weighted by atomic mass is 10.2. The molecule has 24 heavy (non-hydrogen) atoms. The second kappa shape index (κ2) is 7.28. The number of hydrogen-bond acceptors (Lipinski definition) is 4. The molecule has 3 aromatic rings. The molecule has 0 aliphatic heterocycles. The number of nitrogens with zero attached hydrogens (tertiary/aromatic N) is 1. The third-order valence-corrected chi connectivity index (χ3v) is 3.43. The molecule has 0 aliphatic carbocycles. The number of nitrogens with two attached hydrogens (primary N) is 1. The minimum atomic E-state index is -0.476. The largest absolute Gasteiger partial charge is 0.457 e. The van der Waals surface area contributed by atoms with E-state index >= 15 is 0 Å². The Bertz CT molecular complexity index is 818. The van der Waals surface area contributed by atoms with Gasteiger partial charge < -0.3 is 15.8 Å². The number of amides is 1. The van der Waals surface area contributed by atoms with Crippen molar-refractivity contribution in [3.63, 3.8) is 0 Å². The van der Waals surface area contributed by atoms with E-state index < -0.39 is 5.91 Å². The Labute approximate surface area is 140 Å². The van der Waals surface area contributed by atoms with Crippen LogP contribution in [-0.4, -0.2) is 10.9 Å². The van der Waals surface area contributed by atoms with Crippen LogP contribution < -0.4 is 15.8 Å². The first-order valence-electron chi connectivity index (χ1n) is 7.51. The fourth-order valence-electron chi connectivity index (χ4n) is 2.20. The lowest BCUT2D eigenvalue weighted by Gasteiger charge is -2.09. The van der Waals surface area contributed by atoms with Gasteiger partial charge in [-0.1, -0.05) is 12.1 Å². The third kappa shape index (κ3) is 4.10. The Morgan fingerprint density at radius 3 is 2.58 bits per heavy atom. The van der Waals surface area contributed by atoms with Crippen LogP contribution in [0.15, 0.2) is 73.1 Å². The number of anilines is 1. The second-order valence-corrected chi connectivity index (χ2v) is 5.23. The summed E-state index contributed by atoms with van der Waals surface area (Å²) < 4.78 is 5.74. The normalized spacial score (nSPS) is 10.2. The number of pyridine rings is 1. The third-order valence-electron chi connectivity index (χ3n) is 3.43. The summed E-state index contributed by atoms with van der Waals surface area (Å²) in [6.45, 7) is 0.703. The summed E-state index contributed by atoms with van der Waals surface area (Å²) in [6, 6.07) is 18.3. The van der Waals surface area contributed by atoms with Gasteiger partial charge in [-0.25, -0.2) is 0 Å². The van der Waals surface area contributed by atoms with Crippen LogP contribution in [0.2, 0.25) is 0 Å². The van der Waals surface area contributed by atoms with Crippen LogP contribution in [0.1, 0.15) is 15.9 Å². The molecule has 5 heteroatoms. The molecule has 0 radical (unpaired) electrons. The molecule has 5 nitrogen and oxygen atoms in total. The van der Waals surface area contributed by atoms with Gasteiger partial charge in [0.05, 0.1) is 0 Å². The summed E-state index contributed by atoms with van der Waals surface area (Å²) in [6.07, 6.45) is 3.58. The van der Waals surface area contributed by atoms with Gasteiger partial charge in [0.1, 0.15) is 11.5 Å². The Morgan fingerprint density at radius 2 is 1.88 bits per heavy atom. The first kappa shape index (κ1) is 15.6. The number of aromatic nitrogens is 1. The van der Waals surface area contributed by atoms with Gasteiger partial charge in [-0.3, -0.25) is 9.78 Å². The Hall–Kier alpha value is -3.34. The molecule has 0 atom stereocenters. The van der Waals surface area contributed by atoms with E-state index in [9.17, 15) is 4.79 Å². The quantitative estimate of drug-likeness (QED) is 0.728. The van der Waals surface area contributed by atoms with E-state index in [1.165, 1.54) is 0 Å². The maximum absolute atomic E-state index is 11.2.